The molecule has 35 heavy (non-hydrogen) atoms. The number of amidine groups is 1. The zero-order chi connectivity index (χ0) is 25.9. The second-order valence-electron chi connectivity index (χ2n) is 8.25. The number of aromatic nitrogens is 3. The first-order valence-corrected chi connectivity index (χ1v) is 10.2. The van der Waals surface area contributed by atoms with Gasteiger partial charge >= 0.3 is 6.18 Å². The first kappa shape index (κ1) is 24.4. The number of nitrogens with zero attached hydrogens (tertiary/aromatic N) is 4. The van der Waals surface area contributed by atoms with Crippen molar-refractivity contribution in [3.63, 3.8) is 0 Å². The summed E-state index contributed by atoms with van der Waals surface area (Å²) >= 11 is 0. The number of ether oxygens (including phenoxy) is 2. The van der Waals surface area contributed by atoms with Crippen LogP contribution in [0.4, 0.5) is 22.0 Å². The van der Waals surface area contributed by atoms with Crippen LogP contribution < -0.4 is 10.5 Å². The fourth-order valence-electron chi connectivity index (χ4n) is 4.44. The van der Waals surface area contributed by atoms with Crippen LogP contribution in [-0.2, 0) is 4.74 Å². The Morgan fingerprint density at radius 2 is 1.94 bits per heavy atom. The third-order valence-electron chi connectivity index (χ3n) is 6.45. The van der Waals surface area contributed by atoms with Gasteiger partial charge in [-0.05, 0) is 19.1 Å². The number of pyridine rings is 1. The molecule has 14 heteroatoms. The summed E-state index contributed by atoms with van der Waals surface area (Å²) in [7, 11) is 1.07. The standard InChI is InChI=1S/C21H20F5N5O4/c1-8-12(9-4-5-10(22)13(23)16(9)34-3)17(35-20(8,2)21(24,25)26)19-28-11-6-7-31(33)15(14(11)29-19)18(27)30-32/h4-8,12,17,32-33H,1-3H3,(H2,27,30)/t8-,12-,17+,20+/m0/s1. The Hall–Kier alpha value is -3.68. The molecule has 1 saturated heterocycles. The molecule has 0 unspecified atom stereocenters. The Morgan fingerprint density at radius 1 is 1.26 bits per heavy atom. The van der Waals surface area contributed by atoms with E-state index in [1.807, 2.05) is 0 Å². The van der Waals surface area contributed by atoms with Crippen molar-refractivity contribution in [2.24, 2.45) is 16.8 Å². The van der Waals surface area contributed by atoms with Crippen LogP contribution in [0.3, 0.4) is 0 Å². The Balaban J connectivity index is 1.96. The van der Waals surface area contributed by atoms with Crippen LogP contribution in [-0.4, -0.2) is 49.8 Å². The molecule has 0 aliphatic carbocycles. The maximum atomic E-state index is 14.5. The molecule has 3 aliphatic rings. The summed E-state index contributed by atoms with van der Waals surface area (Å²) in [6.45, 7) is 2.12. The molecule has 4 rings (SSSR count). The Morgan fingerprint density at radius 3 is 2.54 bits per heavy atom. The largest absolute Gasteiger partial charge is 0.493 e. The smallest absolute Gasteiger partial charge is 0.417 e. The second-order valence-corrected chi connectivity index (χ2v) is 8.25. The normalized spacial score (nSPS) is 25.4. The lowest BCUT2D eigenvalue weighted by Crippen LogP contribution is -2.46. The SMILES string of the molecule is COc1c([C@H]2[C@H](c3nc4ccn(O)c(/C(N)=N/O)c-4n3)O[C@@](C)(C(F)(F)F)[C@H]2C)ccc(F)c1F. The van der Waals surface area contributed by atoms with Gasteiger partial charge in [-0.25, -0.2) is 14.4 Å². The van der Waals surface area contributed by atoms with E-state index in [0.29, 0.717) is 4.73 Å². The minimum Gasteiger partial charge on any atom is -0.493 e. The van der Waals surface area contributed by atoms with Gasteiger partial charge in [0.25, 0.3) is 0 Å². The monoisotopic (exact) mass is 501 g/mol. The number of nitrogens with two attached hydrogens (primary N) is 1. The number of benzene rings is 1. The fraction of sp³-hybridized carbons (Fsp3) is 0.381. The van der Waals surface area contributed by atoms with E-state index < -0.39 is 52.9 Å². The molecule has 9 nitrogen and oxygen atoms in total. The van der Waals surface area contributed by atoms with Crippen LogP contribution in [0.25, 0.3) is 11.4 Å². The van der Waals surface area contributed by atoms with Crippen LogP contribution in [0.1, 0.15) is 43.0 Å². The van der Waals surface area contributed by atoms with Gasteiger partial charge in [0.15, 0.2) is 34.5 Å². The molecule has 4 N–H and O–H groups in total. The lowest BCUT2D eigenvalue weighted by molar-refractivity contribution is -0.275. The van der Waals surface area contributed by atoms with Crippen molar-refractivity contribution in [1.29, 1.82) is 0 Å². The van der Waals surface area contributed by atoms with Crippen molar-refractivity contribution in [1.82, 2.24) is 14.7 Å². The van der Waals surface area contributed by atoms with E-state index in [1.54, 1.807) is 0 Å². The molecule has 3 heterocycles. The van der Waals surface area contributed by atoms with Gasteiger partial charge in [0, 0.05) is 23.6 Å². The van der Waals surface area contributed by atoms with Gasteiger partial charge in [0.05, 0.1) is 12.8 Å². The van der Waals surface area contributed by atoms with E-state index in [-0.39, 0.29) is 28.5 Å². The number of methoxy groups -OCH3 is 1. The first-order chi connectivity index (χ1) is 16.4. The van der Waals surface area contributed by atoms with E-state index in [4.69, 9.17) is 20.4 Å². The molecule has 188 valence electrons. The third-order valence-corrected chi connectivity index (χ3v) is 6.45. The van der Waals surface area contributed by atoms with Gasteiger partial charge < -0.3 is 25.6 Å². The zero-order valence-corrected chi connectivity index (χ0v) is 18.5. The quantitative estimate of drug-likeness (QED) is 0.124. The molecule has 4 atom stereocenters. The molecule has 3 aliphatic heterocycles. The van der Waals surface area contributed by atoms with E-state index >= 15 is 0 Å². The van der Waals surface area contributed by atoms with Crippen LogP contribution in [0.15, 0.2) is 29.6 Å². The van der Waals surface area contributed by atoms with E-state index in [9.17, 15) is 27.2 Å². The molecular weight excluding hydrogens is 481 g/mol. The van der Waals surface area contributed by atoms with Crippen molar-refractivity contribution in [3.05, 3.63) is 53.1 Å². The van der Waals surface area contributed by atoms with Crippen molar-refractivity contribution < 1.29 is 41.8 Å². The summed E-state index contributed by atoms with van der Waals surface area (Å²) in [6, 6.07) is 3.21. The Bertz CT molecular complexity index is 1280. The number of alkyl halides is 3. The average Bonchev–Trinajstić information content (AvgIpc) is 3.34. The molecule has 0 amide bonds. The summed E-state index contributed by atoms with van der Waals surface area (Å²) in [5.41, 5.74) is 2.57. The molecule has 0 aromatic heterocycles. The molecule has 0 bridgehead atoms. The zero-order valence-electron chi connectivity index (χ0n) is 18.5. The molecular formula is C21H20F5N5O4. The van der Waals surface area contributed by atoms with Gasteiger partial charge in [-0.3, -0.25) is 0 Å². The number of hydrogen-bond acceptors (Lipinski definition) is 7. The number of halogens is 5. The van der Waals surface area contributed by atoms with E-state index in [2.05, 4.69) is 15.1 Å². The first-order valence-electron chi connectivity index (χ1n) is 10.2. The van der Waals surface area contributed by atoms with E-state index in [1.165, 1.54) is 13.0 Å². The molecule has 1 aromatic carbocycles. The highest BCUT2D eigenvalue weighted by molar-refractivity contribution is 6.00. The highest BCUT2D eigenvalue weighted by atomic mass is 19.4. The second kappa shape index (κ2) is 8.22. The summed E-state index contributed by atoms with van der Waals surface area (Å²) in [5, 5.41) is 21.9. The van der Waals surface area contributed by atoms with Crippen molar-refractivity contribution in [3.8, 4) is 17.1 Å². The number of hydrogen-bond donors (Lipinski definition) is 3. The van der Waals surface area contributed by atoms with Gasteiger partial charge in [-0.2, -0.15) is 22.3 Å². The topological polar surface area (TPSA) is 128 Å². The molecule has 1 fully saturated rings. The summed E-state index contributed by atoms with van der Waals surface area (Å²) in [4.78, 5) is 8.45. The van der Waals surface area contributed by atoms with Crippen molar-refractivity contribution >= 4 is 5.84 Å². The summed E-state index contributed by atoms with van der Waals surface area (Å²) < 4.78 is 81.9. The number of oxime groups is 1. The number of rotatable bonds is 4. The van der Waals surface area contributed by atoms with Gasteiger partial charge in [0.1, 0.15) is 11.8 Å². The highest BCUT2D eigenvalue weighted by Gasteiger charge is 2.65. The Labute approximate surface area is 194 Å². The maximum Gasteiger partial charge on any atom is 0.417 e. The van der Waals surface area contributed by atoms with Gasteiger partial charge in [-0.1, -0.05) is 18.1 Å². The number of fused-ring (bicyclic) bond motifs is 1. The van der Waals surface area contributed by atoms with Gasteiger partial charge in [0.2, 0.25) is 5.82 Å². The predicted octanol–water partition coefficient (Wildman–Crippen LogP) is 3.81. The van der Waals surface area contributed by atoms with Crippen LogP contribution in [0, 0.1) is 17.6 Å². The predicted molar refractivity (Wildman–Crippen MR) is 109 cm³/mol. The van der Waals surface area contributed by atoms with Crippen LogP contribution in [0.2, 0.25) is 0 Å². The lowest BCUT2D eigenvalue weighted by atomic mass is 9.77. The maximum absolute atomic E-state index is 14.5. The minimum atomic E-state index is -4.84. The fourth-order valence-corrected chi connectivity index (χ4v) is 4.44. The molecule has 0 spiro atoms. The van der Waals surface area contributed by atoms with Crippen LogP contribution >= 0.6 is 0 Å². The average molecular weight is 501 g/mol. The number of imidazole rings is 1. The molecule has 1 aromatic rings. The summed E-state index contributed by atoms with van der Waals surface area (Å²) in [6.07, 6.45) is -5.22. The highest BCUT2D eigenvalue weighted by Crippen LogP contribution is 2.59. The van der Waals surface area contributed by atoms with Crippen LogP contribution in [0.5, 0.6) is 5.75 Å². The van der Waals surface area contributed by atoms with Gasteiger partial charge in [-0.15, -0.1) is 0 Å². The molecule has 0 saturated carbocycles. The Kier molecular flexibility index (Phi) is 5.74. The molecule has 0 radical (unpaired) electrons. The van der Waals surface area contributed by atoms with Crippen molar-refractivity contribution in [2.75, 3.05) is 7.11 Å². The third kappa shape index (κ3) is 3.59. The van der Waals surface area contributed by atoms with Crippen molar-refractivity contribution in [2.45, 2.75) is 37.6 Å². The summed E-state index contributed by atoms with van der Waals surface area (Å²) in [5.74, 6) is -6.49. The minimum absolute atomic E-state index is 0.0698. The van der Waals surface area contributed by atoms with E-state index in [0.717, 1.165) is 32.4 Å². The lowest BCUT2D eigenvalue weighted by Gasteiger charge is -2.32.